The Kier molecular flexibility index (Phi) is 5.24. The molecule has 3 nitrogen and oxygen atoms in total. The maximum atomic E-state index is 12.2. The third-order valence-electron chi connectivity index (χ3n) is 4.20. The summed E-state index contributed by atoms with van der Waals surface area (Å²) in [4.78, 5) is 14.4. The van der Waals surface area contributed by atoms with E-state index in [1.54, 1.807) is 0 Å². The summed E-state index contributed by atoms with van der Waals surface area (Å²) in [5.74, 6) is 0.228. The van der Waals surface area contributed by atoms with Gasteiger partial charge in [0.05, 0.1) is 6.04 Å². The number of allylic oxidation sites excluding steroid dienone is 1. The van der Waals surface area contributed by atoms with Crippen LogP contribution in [0.4, 0.5) is 0 Å². The zero-order valence-electron chi connectivity index (χ0n) is 11.6. The number of rotatable bonds is 3. The number of carbonyl (C=O) groups is 1. The lowest BCUT2D eigenvalue weighted by Gasteiger charge is -2.25. The standard InChI is InChI=1S/C15H26N2O/c1-17-11-7-3-6-10-14(17)15(18)16-12-13-8-4-2-5-9-13/h8,14H,2-7,9-12H2,1H3,(H,16,18)/t14-/m0/s1. The molecule has 1 saturated heterocycles. The quantitative estimate of drug-likeness (QED) is 0.780. The van der Waals surface area contributed by atoms with E-state index in [-0.39, 0.29) is 11.9 Å². The molecule has 0 aromatic carbocycles. The van der Waals surface area contributed by atoms with Gasteiger partial charge in [-0.1, -0.05) is 24.5 Å². The van der Waals surface area contributed by atoms with Crippen molar-refractivity contribution in [3.05, 3.63) is 11.6 Å². The van der Waals surface area contributed by atoms with E-state index in [4.69, 9.17) is 0 Å². The molecule has 1 fully saturated rings. The zero-order chi connectivity index (χ0) is 12.8. The van der Waals surface area contributed by atoms with E-state index >= 15 is 0 Å². The minimum absolute atomic E-state index is 0.0942. The lowest BCUT2D eigenvalue weighted by molar-refractivity contribution is -0.125. The highest BCUT2D eigenvalue weighted by Gasteiger charge is 2.24. The highest BCUT2D eigenvalue weighted by molar-refractivity contribution is 5.81. The smallest absolute Gasteiger partial charge is 0.237 e. The van der Waals surface area contributed by atoms with Crippen molar-refractivity contribution < 1.29 is 4.79 Å². The Balaban J connectivity index is 1.80. The predicted octanol–water partition coefficient (Wildman–Crippen LogP) is 2.48. The molecule has 1 aliphatic carbocycles. The second-order valence-electron chi connectivity index (χ2n) is 5.67. The van der Waals surface area contributed by atoms with Crippen molar-refractivity contribution in [1.29, 1.82) is 0 Å². The Morgan fingerprint density at radius 1 is 1.33 bits per heavy atom. The Morgan fingerprint density at radius 2 is 2.22 bits per heavy atom. The minimum Gasteiger partial charge on any atom is -0.351 e. The van der Waals surface area contributed by atoms with E-state index in [1.165, 1.54) is 50.5 Å². The van der Waals surface area contributed by atoms with Gasteiger partial charge in [0.1, 0.15) is 0 Å². The molecule has 1 atom stereocenters. The second kappa shape index (κ2) is 6.93. The summed E-state index contributed by atoms with van der Waals surface area (Å²) < 4.78 is 0. The predicted molar refractivity (Wildman–Crippen MR) is 74.4 cm³/mol. The van der Waals surface area contributed by atoms with Crippen LogP contribution in [0.15, 0.2) is 11.6 Å². The molecule has 0 unspecified atom stereocenters. The molecule has 3 heteroatoms. The summed E-state index contributed by atoms with van der Waals surface area (Å²) in [7, 11) is 2.08. The molecule has 0 aromatic rings. The molecule has 1 amide bonds. The third kappa shape index (κ3) is 3.84. The molecule has 1 aliphatic heterocycles. The summed E-state index contributed by atoms with van der Waals surface area (Å²) in [6.45, 7) is 1.82. The van der Waals surface area contributed by atoms with Crippen LogP contribution < -0.4 is 5.32 Å². The fraction of sp³-hybridized carbons (Fsp3) is 0.800. The Morgan fingerprint density at radius 3 is 3.00 bits per heavy atom. The molecule has 2 rings (SSSR count). The summed E-state index contributed by atoms with van der Waals surface area (Å²) in [5, 5.41) is 3.13. The number of carbonyl (C=O) groups excluding carboxylic acids is 1. The number of hydrogen-bond donors (Lipinski definition) is 1. The first-order chi connectivity index (χ1) is 8.77. The second-order valence-corrected chi connectivity index (χ2v) is 5.67. The first-order valence-corrected chi connectivity index (χ1v) is 7.43. The molecule has 0 bridgehead atoms. The van der Waals surface area contributed by atoms with Gasteiger partial charge < -0.3 is 5.32 Å². The lowest BCUT2D eigenvalue weighted by Crippen LogP contribution is -2.45. The minimum atomic E-state index is 0.0942. The molecule has 0 radical (unpaired) electrons. The molecule has 0 spiro atoms. The van der Waals surface area contributed by atoms with E-state index in [9.17, 15) is 4.79 Å². The molecular weight excluding hydrogens is 224 g/mol. The van der Waals surface area contributed by atoms with E-state index in [0.29, 0.717) is 0 Å². The molecule has 18 heavy (non-hydrogen) atoms. The summed E-state index contributed by atoms with van der Waals surface area (Å²) >= 11 is 0. The Labute approximate surface area is 111 Å². The van der Waals surface area contributed by atoms with Crippen molar-refractivity contribution in [2.75, 3.05) is 20.1 Å². The molecule has 0 aromatic heterocycles. The monoisotopic (exact) mass is 250 g/mol. The van der Waals surface area contributed by atoms with Gasteiger partial charge >= 0.3 is 0 Å². The van der Waals surface area contributed by atoms with Gasteiger partial charge in [-0.25, -0.2) is 0 Å². The first-order valence-electron chi connectivity index (χ1n) is 7.43. The number of likely N-dealkylation sites (N-methyl/N-ethyl adjacent to an activating group) is 1. The van der Waals surface area contributed by atoms with E-state index in [0.717, 1.165) is 19.5 Å². The highest BCUT2D eigenvalue weighted by atomic mass is 16.2. The van der Waals surface area contributed by atoms with Gasteiger partial charge in [0.25, 0.3) is 0 Å². The Hall–Kier alpha value is -0.830. The third-order valence-corrected chi connectivity index (χ3v) is 4.20. The van der Waals surface area contributed by atoms with Gasteiger partial charge in [-0.3, -0.25) is 9.69 Å². The SMILES string of the molecule is CN1CCCCC[C@H]1C(=O)NCC1=CCCCC1. The normalized spacial score (nSPS) is 26.3. The molecule has 0 saturated carbocycles. The fourth-order valence-corrected chi connectivity index (χ4v) is 2.97. The topological polar surface area (TPSA) is 32.3 Å². The number of nitrogens with zero attached hydrogens (tertiary/aromatic N) is 1. The average Bonchev–Trinajstić information content (AvgIpc) is 2.62. The fourth-order valence-electron chi connectivity index (χ4n) is 2.97. The van der Waals surface area contributed by atoms with Gasteiger partial charge in [-0.15, -0.1) is 0 Å². The van der Waals surface area contributed by atoms with E-state index in [1.807, 2.05) is 0 Å². The van der Waals surface area contributed by atoms with E-state index in [2.05, 4.69) is 23.3 Å². The van der Waals surface area contributed by atoms with Gasteiger partial charge in [-0.05, 0) is 52.1 Å². The van der Waals surface area contributed by atoms with Gasteiger partial charge in [0.2, 0.25) is 5.91 Å². The van der Waals surface area contributed by atoms with Crippen molar-refractivity contribution in [2.24, 2.45) is 0 Å². The highest BCUT2D eigenvalue weighted by Crippen LogP contribution is 2.17. The van der Waals surface area contributed by atoms with Crippen molar-refractivity contribution in [2.45, 2.75) is 57.4 Å². The molecule has 2 aliphatic rings. The van der Waals surface area contributed by atoms with Crippen LogP contribution in [0, 0.1) is 0 Å². The summed E-state index contributed by atoms with van der Waals surface area (Å²) in [6.07, 6.45) is 11.9. The van der Waals surface area contributed by atoms with Gasteiger partial charge in [-0.2, -0.15) is 0 Å². The summed E-state index contributed by atoms with van der Waals surface area (Å²) in [5.41, 5.74) is 1.42. The van der Waals surface area contributed by atoms with E-state index < -0.39 is 0 Å². The van der Waals surface area contributed by atoms with Crippen LogP contribution in [0.1, 0.15) is 51.4 Å². The molecule has 102 valence electrons. The molecular formula is C15H26N2O. The van der Waals surface area contributed by atoms with Crippen molar-refractivity contribution >= 4 is 5.91 Å². The van der Waals surface area contributed by atoms with Gasteiger partial charge in [0, 0.05) is 6.54 Å². The van der Waals surface area contributed by atoms with Crippen LogP contribution in [0.5, 0.6) is 0 Å². The molecule has 1 heterocycles. The van der Waals surface area contributed by atoms with Crippen LogP contribution in [0.3, 0.4) is 0 Å². The number of hydrogen-bond acceptors (Lipinski definition) is 2. The largest absolute Gasteiger partial charge is 0.351 e. The van der Waals surface area contributed by atoms with Crippen molar-refractivity contribution in [3.63, 3.8) is 0 Å². The van der Waals surface area contributed by atoms with Crippen LogP contribution >= 0.6 is 0 Å². The number of amides is 1. The Bertz CT molecular complexity index is 312. The van der Waals surface area contributed by atoms with Crippen LogP contribution in [-0.4, -0.2) is 37.0 Å². The van der Waals surface area contributed by atoms with Gasteiger partial charge in [0.15, 0.2) is 0 Å². The first kappa shape index (κ1) is 13.6. The molecule has 1 N–H and O–H groups in total. The zero-order valence-corrected chi connectivity index (χ0v) is 11.6. The number of likely N-dealkylation sites (tertiary alicyclic amines) is 1. The van der Waals surface area contributed by atoms with Crippen LogP contribution in [0.25, 0.3) is 0 Å². The van der Waals surface area contributed by atoms with Crippen molar-refractivity contribution in [3.8, 4) is 0 Å². The van der Waals surface area contributed by atoms with Crippen LogP contribution in [-0.2, 0) is 4.79 Å². The van der Waals surface area contributed by atoms with Crippen LogP contribution in [0.2, 0.25) is 0 Å². The van der Waals surface area contributed by atoms with Crippen molar-refractivity contribution in [1.82, 2.24) is 10.2 Å². The lowest BCUT2D eigenvalue weighted by atomic mass is 9.99. The number of nitrogens with one attached hydrogen (secondary N) is 1. The maximum Gasteiger partial charge on any atom is 0.237 e. The average molecular weight is 250 g/mol. The summed E-state index contributed by atoms with van der Waals surface area (Å²) in [6, 6.07) is 0.0942. The maximum absolute atomic E-state index is 12.2.